The summed E-state index contributed by atoms with van der Waals surface area (Å²) < 4.78 is 0. The predicted octanol–water partition coefficient (Wildman–Crippen LogP) is 2.17. The zero-order valence-corrected chi connectivity index (χ0v) is 14.8. The van der Waals surface area contributed by atoms with E-state index in [0.717, 1.165) is 59.1 Å². The molecular weight excluding hydrogens is 342 g/mol. The van der Waals surface area contributed by atoms with Crippen molar-refractivity contribution in [2.45, 2.75) is 12.3 Å². The molecule has 1 atom stereocenters. The molecule has 3 N–H and O–H groups in total. The topological polar surface area (TPSA) is 111 Å². The maximum absolute atomic E-state index is 4.90. The standard InChI is InChI=1S/C18H19N9/c1-19-17-15(26-14(8-21-17)12-6-24-25-7-12)11-3-5-27(9-11)18-13-2-4-20-16(13)22-10-23-18/h2,4,6-8,10-11H,3,5,9H2,1H3,(H,19,21)(H,24,25)(H,20,22,23)/t11-/m1/s1. The van der Waals surface area contributed by atoms with Gasteiger partial charge in [-0.15, -0.1) is 0 Å². The second-order valence-corrected chi connectivity index (χ2v) is 6.59. The van der Waals surface area contributed by atoms with Gasteiger partial charge in [-0.05, 0) is 12.5 Å². The van der Waals surface area contributed by atoms with E-state index in [0.29, 0.717) is 0 Å². The minimum Gasteiger partial charge on any atom is -0.372 e. The van der Waals surface area contributed by atoms with Gasteiger partial charge in [-0.25, -0.2) is 19.9 Å². The summed E-state index contributed by atoms with van der Waals surface area (Å²) in [6.45, 7) is 1.76. The van der Waals surface area contributed by atoms with Gasteiger partial charge in [0.1, 0.15) is 23.6 Å². The van der Waals surface area contributed by atoms with Crippen LogP contribution in [-0.4, -0.2) is 55.3 Å². The number of hydrogen-bond acceptors (Lipinski definition) is 7. The number of H-pyrrole nitrogens is 2. The van der Waals surface area contributed by atoms with E-state index in [1.54, 1.807) is 18.7 Å². The summed E-state index contributed by atoms with van der Waals surface area (Å²) >= 11 is 0. The molecule has 27 heavy (non-hydrogen) atoms. The summed E-state index contributed by atoms with van der Waals surface area (Å²) in [7, 11) is 1.88. The third kappa shape index (κ3) is 2.67. The van der Waals surface area contributed by atoms with Crippen molar-refractivity contribution < 1.29 is 0 Å². The van der Waals surface area contributed by atoms with E-state index in [4.69, 9.17) is 4.98 Å². The molecular formula is C18H19N9. The van der Waals surface area contributed by atoms with Gasteiger partial charge in [-0.2, -0.15) is 5.10 Å². The Bertz CT molecular complexity index is 1070. The number of anilines is 2. The van der Waals surface area contributed by atoms with Crippen molar-refractivity contribution in [2.75, 3.05) is 30.4 Å². The molecule has 5 rings (SSSR count). The molecule has 4 aromatic heterocycles. The van der Waals surface area contributed by atoms with Crippen molar-refractivity contribution in [3.8, 4) is 11.3 Å². The molecule has 1 fully saturated rings. The zero-order valence-electron chi connectivity index (χ0n) is 14.8. The smallest absolute Gasteiger partial charge is 0.147 e. The molecule has 0 radical (unpaired) electrons. The highest BCUT2D eigenvalue weighted by atomic mass is 15.2. The van der Waals surface area contributed by atoms with Crippen molar-refractivity contribution in [3.63, 3.8) is 0 Å². The summed E-state index contributed by atoms with van der Waals surface area (Å²) in [5.74, 6) is 2.06. The molecule has 1 saturated heterocycles. The number of aromatic nitrogens is 7. The van der Waals surface area contributed by atoms with E-state index < -0.39 is 0 Å². The van der Waals surface area contributed by atoms with Crippen LogP contribution >= 0.6 is 0 Å². The molecule has 0 aromatic carbocycles. The van der Waals surface area contributed by atoms with E-state index in [1.807, 2.05) is 25.5 Å². The van der Waals surface area contributed by atoms with Crippen LogP contribution in [0.2, 0.25) is 0 Å². The van der Waals surface area contributed by atoms with E-state index in [9.17, 15) is 0 Å². The van der Waals surface area contributed by atoms with Crippen molar-refractivity contribution in [1.29, 1.82) is 0 Å². The first kappa shape index (κ1) is 15.7. The third-order valence-corrected chi connectivity index (χ3v) is 5.04. The Balaban J connectivity index is 1.47. The van der Waals surface area contributed by atoms with Crippen molar-refractivity contribution in [2.24, 2.45) is 0 Å². The van der Waals surface area contributed by atoms with E-state index in [-0.39, 0.29) is 5.92 Å². The molecule has 9 nitrogen and oxygen atoms in total. The highest BCUT2D eigenvalue weighted by Crippen LogP contribution is 2.34. The SMILES string of the molecule is CNc1ncc(-c2cn[nH]c2)nc1[C@@H]1CCN(c2ncnc3[nH]ccc23)C1. The van der Waals surface area contributed by atoms with Crippen molar-refractivity contribution >= 4 is 22.7 Å². The average Bonchev–Trinajstić information content (AvgIpc) is 3.48. The normalized spacial score (nSPS) is 16.9. The second-order valence-electron chi connectivity index (χ2n) is 6.59. The van der Waals surface area contributed by atoms with Gasteiger partial charge >= 0.3 is 0 Å². The molecule has 0 bridgehead atoms. The monoisotopic (exact) mass is 361 g/mol. The molecule has 0 aliphatic carbocycles. The molecule has 1 aliphatic rings. The maximum Gasteiger partial charge on any atom is 0.147 e. The minimum atomic E-state index is 0.274. The minimum absolute atomic E-state index is 0.274. The predicted molar refractivity (Wildman–Crippen MR) is 103 cm³/mol. The fraction of sp³-hybridized carbons (Fsp3) is 0.278. The highest BCUT2D eigenvalue weighted by molar-refractivity contribution is 5.87. The summed E-state index contributed by atoms with van der Waals surface area (Å²) in [5.41, 5.74) is 3.61. The molecule has 5 heterocycles. The Morgan fingerprint density at radius 3 is 3.04 bits per heavy atom. The quantitative estimate of drug-likeness (QED) is 0.511. The number of fused-ring (bicyclic) bond motifs is 1. The second kappa shape index (κ2) is 6.35. The number of rotatable bonds is 4. The van der Waals surface area contributed by atoms with Gasteiger partial charge in [-0.1, -0.05) is 0 Å². The van der Waals surface area contributed by atoms with E-state index in [2.05, 4.69) is 40.3 Å². The van der Waals surface area contributed by atoms with Crippen molar-refractivity contribution in [3.05, 3.63) is 42.9 Å². The van der Waals surface area contributed by atoms with E-state index in [1.165, 1.54) is 0 Å². The van der Waals surface area contributed by atoms with Gasteiger partial charge in [0.25, 0.3) is 0 Å². The zero-order chi connectivity index (χ0) is 18.2. The Morgan fingerprint density at radius 1 is 1.22 bits per heavy atom. The van der Waals surface area contributed by atoms with Crippen LogP contribution in [0.3, 0.4) is 0 Å². The Hall–Kier alpha value is -3.49. The lowest BCUT2D eigenvalue weighted by Crippen LogP contribution is -2.21. The summed E-state index contributed by atoms with van der Waals surface area (Å²) in [5, 5.41) is 11.1. The lowest BCUT2D eigenvalue weighted by molar-refractivity contribution is 0.741. The summed E-state index contributed by atoms with van der Waals surface area (Å²) in [4.78, 5) is 23.7. The molecule has 1 aliphatic heterocycles. The lowest BCUT2D eigenvalue weighted by atomic mass is 10.0. The van der Waals surface area contributed by atoms with Crippen LogP contribution in [0.1, 0.15) is 18.0 Å². The van der Waals surface area contributed by atoms with Crippen LogP contribution < -0.4 is 10.2 Å². The van der Waals surface area contributed by atoms with Crippen LogP contribution in [0.15, 0.2) is 37.2 Å². The fourth-order valence-electron chi connectivity index (χ4n) is 3.70. The van der Waals surface area contributed by atoms with Crippen LogP contribution in [-0.2, 0) is 0 Å². The van der Waals surface area contributed by atoms with Crippen molar-refractivity contribution in [1.82, 2.24) is 35.1 Å². The lowest BCUT2D eigenvalue weighted by Gasteiger charge is -2.19. The van der Waals surface area contributed by atoms with Gasteiger partial charge in [0, 0.05) is 44.0 Å². The highest BCUT2D eigenvalue weighted by Gasteiger charge is 2.29. The largest absolute Gasteiger partial charge is 0.372 e. The number of hydrogen-bond donors (Lipinski definition) is 3. The third-order valence-electron chi connectivity index (χ3n) is 5.04. The van der Waals surface area contributed by atoms with Gasteiger partial charge in [-0.3, -0.25) is 5.10 Å². The van der Waals surface area contributed by atoms with Crippen LogP contribution in [0.25, 0.3) is 22.3 Å². The number of nitrogens with zero attached hydrogens (tertiary/aromatic N) is 6. The first-order chi connectivity index (χ1) is 13.3. The molecule has 0 unspecified atom stereocenters. The average molecular weight is 361 g/mol. The van der Waals surface area contributed by atoms with E-state index >= 15 is 0 Å². The molecule has 0 spiro atoms. The van der Waals surface area contributed by atoms with Crippen LogP contribution in [0, 0.1) is 0 Å². The Morgan fingerprint density at radius 2 is 2.19 bits per heavy atom. The maximum atomic E-state index is 4.90. The molecule has 0 saturated carbocycles. The Kier molecular flexibility index (Phi) is 3.70. The van der Waals surface area contributed by atoms with Gasteiger partial charge in [0.05, 0.1) is 29.2 Å². The first-order valence-corrected chi connectivity index (χ1v) is 8.90. The Labute approximate surface area is 155 Å². The van der Waals surface area contributed by atoms with Crippen LogP contribution in [0.4, 0.5) is 11.6 Å². The molecule has 136 valence electrons. The van der Waals surface area contributed by atoms with Gasteiger partial charge < -0.3 is 15.2 Å². The van der Waals surface area contributed by atoms with Gasteiger partial charge in [0.2, 0.25) is 0 Å². The van der Waals surface area contributed by atoms with Crippen LogP contribution in [0.5, 0.6) is 0 Å². The molecule has 9 heteroatoms. The molecule has 0 amide bonds. The molecule has 4 aromatic rings. The number of nitrogens with one attached hydrogen (secondary N) is 3. The van der Waals surface area contributed by atoms with Gasteiger partial charge in [0.15, 0.2) is 0 Å². The first-order valence-electron chi connectivity index (χ1n) is 8.90. The summed E-state index contributed by atoms with van der Waals surface area (Å²) in [6, 6.07) is 2.02. The summed E-state index contributed by atoms with van der Waals surface area (Å²) in [6.07, 6.45) is 9.87. The fourth-order valence-corrected chi connectivity index (χ4v) is 3.70. The number of aromatic amines is 2.